The van der Waals surface area contributed by atoms with E-state index in [1.165, 1.54) is 23.9 Å². The van der Waals surface area contributed by atoms with Crippen LogP contribution >= 0.6 is 35.6 Å². The van der Waals surface area contributed by atoms with E-state index in [0.29, 0.717) is 25.6 Å². The van der Waals surface area contributed by atoms with Gasteiger partial charge in [0.05, 0.1) is 10.5 Å². The van der Waals surface area contributed by atoms with Crippen molar-refractivity contribution in [3.05, 3.63) is 69.1 Å². The number of rotatable bonds is 5. The van der Waals surface area contributed by atoms with Crippen LogP contribution in [-0.4, -0.2) is 21.3 Å². The lowest BCUT2D eigenvalue weighted by Crippen LogP contribution is -2.17. The molecule has 26 heavy (non-hydrogen) atoms. The maximum atomic E-state index is 11.8. The number of carbonyl (C=O) groups is 2. The summed E-state index contributed by atoms with van der Waals surface area (Å²) in [5, 5.41) is 12.0. The van der Waals surface area contributed by atoms with Crippen molar-refractivity contribution in [2.45, 2.75) is 6.61 Å². The van der Waals surface area contributed by atoms with Gasteiger partial charge in [-0.1, -0.05) is 47.7 Å². The maximum absolute atomic E-state index is 11.8. The number of carbonyl (C=O) groups excluding carboxylic acids is 1. The molecule has 8 heteroatoms. The number of carboxylic acids is 1. The highest BCUT2D eigenvalue weighted by Crippen LogP contribution is 2.31. The van der Waals surface area contributed by atoms with Crippen molar-refractivity contribution in [3.63, 3.8) is 0 Å². The SMILES string of the molecule is O=C1NC(=S)S/C1=C\c1cc(Cl)ccc1OCc1ccc(C(=O)O)cc1. The quantitative estimate of drug-likeness (QED) is 0.576. The maximum Gasteiger partial charge on any atom is 0.335 e. The van der Waals surface area contributed by atoms with E-state index in [9.17, 15) is 9.59 Å². The zero-order valence-electron chi connectivity index (χ0n) is 13.2. The minimum Gasteiger partial charge on any atom is -0.488 e. The van der Waals surface area contributed by atoms with Gasteiger partial charge in [-0.25, -0.2) is 4.79 Å². The van der Waals surface area contributed by atoms with Crippen molar-refractivity contribution in [1.82, 2.24) is 5.32 Å². The number of ether oxygens (including phenoxy) is 1. The summed E-state index contributed by atoms with van der Waals surface area (Å²) < 4.78 is 6.23. The van der Waals surface area contributed by atoms with E-state index >= 15 is 0 Å². The van der Waals surface area contributed by atoms with Crippen molar-refractivity contribution < 1.29 is 19.4 Å². The lowest BCUT2D eigenvalue weighted by atomic mass is 10.1. The molecule has 0 radical (unpaired) electrons. The van der Waals surface area contributed by atoms with Gasteiger partial charge in [0.1, 0.15) is 16.7 Å². The molecule has 0 atom stereocenters. The third kappa shape index (κ3) is 4.43. The Hall–Kier alpha value is -2.35. The Bertz CT molecular complexity index is 925. The molecule has 2 aromatic rings. The van der Waals surface area contributed by atoms with Crippen molar-refractivity contribution >= 4 is 57.9 Å². The van der Waals surface area contributed by atoms with Gasteiger partial charge in [0.2, 0.25) is 0 Å². The highest BCUT2D eigenvalue weighted by atomic mass is 35.5. The monoisotopic (exact) mass is 405 g/mol. The molecule has 3 rings (SSSR count). The van der Waals surface area contributed by atoms with Crippen LogP contribution in [0.4, 0.5) is 0 Å². The molecule has 1 saturated heterocycles. The summed E-state index contributed by atoms with van der Waals surface area (Å²) in [6, 6.07) is 11.5. The lowest BCUT2D eigenvalue weighted by molar-refractivity contribution is -0.115. The first-order chi connectivity index (χ1) is 12.4. The van der Waals surface area contributed by atoms with Gasteiger partial charge >= 0.3 is 5.97 Å². The van der Waals surface area contributed by atoms with Crippen LogP contribution in [0.1, 0.15) is 21.5 Å². The minimum atomic E-state index is -0.977. The number of halogens is 1. The number of benzene rings is 2. The molecule has 1 amide bonds. The van der Waals surface area contributed by atoms with E-state index in [1.54, 1.807) is 36.4 Å². The summed E-state index contributed by atoms with van der Waals surface area (Å²) in [7, 11) is 0. The molecule has 1 fully saturated rings. The molecule has 0 bridgehead atoms. The average Bonchev–Trinajstić information content (AvgIpc) is 2.92. The third-order valence-electron chi connectivity index (χ3n) is 3.50. The molecule has 1 aliphatic rings. The topological polar surface area (TPSA) is 75.6 Å². The minimum absolute atomic E-state index is 0.214. The van der Waals surface area contributed by atoms with E-state index in [2.05, 4.69) is 5.32 Å². The first kappa shape index (κ1) is 18.4. The molecule has 0 saturated carbocycles. The van der Waals surface area contributed by atoms with Crippen molar-refractivity contribution in [2.75, 3.05) is 0 Å². The Balaban J connectivity index is 1.80. The fraction of sp³-hybridized carbons (Fsp3) is 0.0556. The molecule has 2 aromatic carbocycles. The van der Waals surface area contributed by atoms with Gasteiger partial charge in [-0.05, 0) is 42.0 Å². The number of hydrogen-bond acceptors (Lipinski definition) is 5. The lowest BCUT2D eigenvalue weighted by Gasteiger charge is -2.10. The first-order valence-electron chi connectivity index (χ1n) is 7.42. The van der Waals surface area contributed by atoms with Gasteiger partial charge < -0.3 is 15.2 Å². The molecular weight excluding hydrogens is 394 g/mol. The Labute approximate surface area is 164 Å². The molecule has 0 spiro atoms. The molecule has 1 aliphatic heterocycles. The van der Waals surface area contributed by atoms with Gasteiger partial charge in [-0.2, -0.15) is 0 Å². The first-order valence-corrected chi connectivity index (χ1v) is 9.02. The molecule has 0 unspecified atom stereocenters. The van der Waals surface area contributed by atoms with Crippen LogP contribution < -0.4 is 10.1 Å². The fourth-order valence-corrected chi connectivity index (χ4v) is 3.45. The van der Waals surface area contributed by atoms with E-state index in [1.807, 2.05) is 0 Å². The van der Waals surface area contributed by atoms with Gasteiger partial charge in [0.25, 0.3) is 5.91 Å². The van der Waals surface area contributed by atoms with E-state index in [-0.39, 0.29) is 18.1 Å². The van der Waals surface area contributed by atoms with E-state index in [4.69, 9.17) is 33.7 Å². The van der Waals surface area contributed by atoms with Crippen LogP contribution in [0.3, 0.4) is 0 Å². The van der Waals surface area contributed by atoms with Crippen LogP contribution in [0.5, 0.6) is 5.75 Å². The molecule has 1 heterocycles. The Morgan fingerprint density at radius 3 is 2.62 bits per heavy atom. The summed E-state index contributed by atoms with van der Waals surface area (Å²) in [5.41, 5.74) is 1.69. The Morgan fingerprint density at radius 2 is 2.00 bits per heavy atom. The second kappa shape index (κ2) is 7.90. The number of hydrogen-bond donors (Lipinski definition) is 2. The van der Waals surface area contributed by atoms with Crippen LogP contribution in [-0.2, 0) is 11.4 Å². The molecule has 0 aromatic heterocycles. The summed E-state index contributed by atoms with van der Waals surface area (Å²) in [6.07, 6.45) is 1.67. The van der Waals surface area contributed by atoms with Gasteiger partial charge in [0, 0.05) is 10.6 Å². The van der Waals surface area contributed by atoms with Crippen molar-refractivity contribution in [3.8, 4) is 5.75 Å². The van der Waals surface area contributed by atoms with Crippen LogP contribution in [0.15, 0.2) is 47.4 Å². The summed E-state index contributed by atoms with van der Waals surface area (Å²) in [4.78, 5) is 23.2. The van der Waals surface area contributed by atoms with Crippen molar-refractivity contribution in [2.24, 2.45) is 0 Å². The second-order valence-corrected chi connectivity index (χ2v) is 7.48. The predicted octanol–water partition coefficient (Wildman–Crippen LogP) is 4.11. The number of thioether (sulfide) groups is 1. The normalized spacial score (nSPS) is 15.2. The number of aromatic carboxylic acids is 1. The second-order valence-electron chi connectivity index (χ2n) is 5.33. The van der Waals surface area contributed by atoms with Gasteiger partial charge in [-0.3, -0.25) is 4.79 Å². The van der Waals surface area contributed by atoms with Crippen LogP contribution in [0.25, 0.3) is 6.08 Å². The molecule has 132 valence electrons. The largest absolute Gasteiger partial charge is 0.488 e. The standard InChI is InChI=1S/C18H12ClNO4S2/c19-13-5-6-14(12(7-13)8-15-16(21)20-18(25)26-15)24-9-10-1-3-11(4-2-10)17(22)23/h1-8H,9H2,(H,22,23)(H,20,21,25)/b15-8-. The number of amides is 1. The molecule has 0 aliphatic carbocycles. The average molecular weight is 406 g/mol. The van der Waals surface area contributed by atoms with E-state index in [0.717, 1.165) is 5.56 Å². The van der Waals surface area contributed by atoms with Crippen molar-refractivity contribution in [1.29, 1.82) is 0 Å². The molecule has 2 N–H and O–H groups in total. The number of nitrogens with one attached hydrogen (secondary N) is 1. The Morgan fingerprint density at radius 1 is 1.27 bits per heavy atom. The molecular formula is C18H12ClNO4S2. The van der Waals surface area contributed by atoms with E-state index < -0.39 is 5.97 Å². The zero-order chi connectivity index (χ0) is 18.7. The zero-order valence-corrected chi connectivity index (χ0v) is 15.6. The summed E-state index contributed by atoms with van der Waals surface area (Å²) in [5.74, 6) is -0.681. The highest BCUT2D eigenvalue weighted by Gasteiger charge is 2.22. The highest BCUT2D eigenvalue weighted by molar-refractivity contribution is 8.26. The number of thiocarbonyl (C=S) groups is 1. The smallest absolute Gasteiger partial charge is 0.335 e. The molecule has 5 nitrogen and oxygen atoms in total. The van der Waals surface area contributed by atoms with Gasteiger partial charge in [-0.15, -0.1) is 0 Å². The number of carboxylic acid groups (broad SMARTS) is 1. The van der Waals surface area contributed by atoms with Crippen LogP contribution in [0, 0.1) is 0 Å². The van der Waals surface area contributed by atoms with Crippen LogP contribution in [0.2, 0.25) is 5.02 Å². The van der Waals surface area contributed by atoms with Gasteiger partial charge in [0.15, 0.2) is 0 Å². The Kier molecular flexibility index (Phi) is 5.61. The fourth-order valence-electron chi connectivity index (χ4n) is 2.23. The third-order valence-corrected chi connectivity index (χ3v) is 4.89. The summed E-state index contributed by atoms with van der Waals surface area (Å²) >= 11 is 12.2. The summed E-state index contributed by atoms with van der Waals surface area (Å²) in [6.45, 7) is 0.245. The predicted molar refractivity (Wildman–Crippen MR) is 105 cm³/mol.